The number of nitrogens with one attached hydrogen (secondary N) is 1. The highest BCUT2D eigenvalue weighted by molar-refractivity contribution is 5.95. The highest BCUT2D eigenvalue weighted by atomic mass is 19.1. The van der Waals surface area contributed by atoms with E-state index in [4.69, 9.17) is 0 Å². The molecule has 1 aromatic heterocycles. The number of aromatic nitrogens is 2. The van der Waals surface area contributed by atoms with E-state index in [-0.39, 0.29) is 18.1 Å². The number of aryl methyl sites for hydroxylation is 2. The molecule has 5 nitrogen and oxygen atoms in total. The van der Waals surface area contributed by atoms with Gasteiger partial charge < -0.3 is 10.4 Å². The van der Waals surface area contributed by atoms with Gasteiger partial charge >= 0.3 is 0 Å². The van der Waals surface area contributed by atoms with E-state index < -0.39 is 11.4 Å². The number of carbonyl (C=O) groups is 1. The van der Waals surface area contributed by atoms with Crippen LogP contribution in [0.3, 0.4) is 0 Å². The lowest BCUT2D eigenvalue weighted by Gasteiger charge is -2.28. The molecule has 1 saturated carbocycles. The van der Waals surface area contributed by atoms with Crippen LogP contribution >= 0.6 is 0 Å². The molecule has 2 N–H and O–H groups in total. The lowest BCUT2D eigenvalue weighted by molar-refractivity contribution is 0.0838. The summed E-state index contributed by atoms with van der Waals surface area (Å²) in [5.41, 5.74) is 1.63. The first kappa shape index (κ1) is 16.6. The maximum absolute atomic E-state index is 14.5. The van der Waals surface area contributed by atoms with Crippen molar-refractivity contribution in [2.45, 2.75) is 45.1 Å². The smallest absolute Gasteiger partial charge is 0.251 e. The largest absolute Gasteiger partial charge is 0.394 e. The fourth-order valence-electron chi connectivity index (χ4n) is 3.38. The fraction of sp³-hybridized carbons (Fsp3) is 0.444. The standard InChI is InChI=1S/C18H22FN3O2/c1-12-9-13(2)22(21-12)16-6-5-14(10-15(16)19)17(24)20-18(11-23)7-3-4-8-18/h5-6,9-10,23H,3-4,7-8,11H2,1-2H3,(H,20,24). The lowest BCUT2D eigenvalue weighted by atomic mass is 9.98. The van der Waals surface area contributed by atoms with Crippen molar-refractivity contribution in [2.75, 3.05) is 6.61 Å². The predicted molar refractivity (Wildman–Crippen MR) is 88.7 cm³/mol. The molecule has 1 aliphatic rings. The number of aliphatic hydroxyl groups excluding tert-OH is 1. The summed E-state index contributed by atoms with van der Waals surface area (Å²) in [4.78, 5) is 12.4. The number of hydrogen-bond donors (Lipinski definition) is 2. The Kier molecular flexibility index (Phi) is 4.41. The number of rotatable bonds is 4. The van der Waals surface area contributed by atoms with Gasteiger partial charge in [0.2, 0.25) is 0 Å². The first-order valence-electron chi connectivity index (χ1n) is 8.21. The minimum atomic E-state index is -0.568. The predicted octanol–water partition coefficient (Wildman–Crippen LogP) is 2.66. The van der Waals surface area contributed by atoms with Crippen molar-refractivity contribution in [2.24, 2.45) is 0 Å². The van der Waals surface area contributed by atoms with Gasteiger partial charge in [0.05, 0.1) is 17.8 Å². The Morgan fingerprint density at radius 3 is 2.58 bits per heavy atom. The molecule has 24 heavy (non-hydrogen) atoms. The Morgan fingerprint density at radius 1 is 1.33 bits per heavy atom. The molecule has 1 amide bonds. The SMILES string of the molecule is Cc1cc(C)n(-c2ccc(C(=O)NC3(CO)CCCC3)cc2F)n1. The molecule has 128 valence electrons. The Morgan fingerprint density at radius 2 is 2.04 bits per heavy atom. The minimum absolute atomic E-state index is 0.0922. The third-order valence-electron chi connectivity index (χ3n) is 4.69. The summed E-state index contributed by atoms with van der Waals surface area (Å²) in [5, 5.41) is 16.7. The fourth-order valence-corrected chi connectivity index (χ4v) is 3.38. The molecule has 0 radical (unpaired) electrons. The molecule has 0 aliphatic heterocycles. The van der Waals surface area contributed by atoms with Crippen LogP contribution in [0.5, 0.6) is 0 Å². The van der Waals surface area contributed by atoms with E-state index in [1.54, 1.807) is 12.1 Å². The monoisotopic (exact) mass is 331 g/mol. The molecule has 1 aromatic carbocycles. The molecule has 0 spiro atoms. The van der Waals surface area contributed by atoms with Gasteiger partial charge in [-0.2, -0.15) is 5.10 Å². The van der Waals surface area contributed by atoms with Gasteiger partial charge in [0.25, 0.3) is 5.91 Å². The summed E-state index contributed by atoms with van der Waals surface area (Å²) in [6, 6.07) is 6.24. The first-order valence-corrected chi connectivity index (χ1v) is 8.21. The maximum atomic E-state index is 14.5. The molecular formula is C18H22FN3O2. The number of halogens is 1. The van der Waals surface area contributed by atoms with Crippen LogP contribution in [0.25, 0.3) is 5.69 Å². The minimum Gasteiger partial charge on any atom is -0.394 e. The van der Waals surface area contributed by atoms with E-state index >= 15 is 0 Å². The van der Waals surface area contributed by atoms with Crippen molar-refractivity contribution in [3.8, 4) is 5.69 Å². The van der Waals surface area contributed by atoms with Crippen LogP contribution in [0.2, 0.25) is 0 Å². The number of hydrogen-bond acceptors (Lipinski definition) is 3. The van der Waals surface area contributed by atoms with E-state index in [0.29, 0.717) is 5.69 Å². The molecule has 1 fully saturated rings. The van der Waals surface area contributed by atoms with E-state index in [0.717, 1.165) is 37.1 Å². The van der Waals surface area contributed by atoms with E-state index in [1.807, 2.05) is 19.9 Å². The van der Waals surface area contributed by atoms with Crippen LogP contribution in [0.1, 0.15) is 47.4 Å². The third-order valence-corrected chi connectivity index (χ3v) is 4.69. The Balaban J connectivity index is 1.84. The van der Waals surface area contributed by atoms with Crippen LogP contribution in [0.4, 0.5) is 4.39 Å². The normalized spacial score (nSPS) is 16.3. The number of nitrogens with zero attached hydrogens (tertiary/aromatic N) is 2. The summed E-state index contributed by atoms with van der Waals surface area (Å²) in [5.74, 6) is -0.858. The molecule has 0 bridgehead atoms. The molecule has 0 saturated heterocycles. The second kappa shape index (κ2) is 6.36. The van der Waals surface area contributed by atoms with Crippen LogP contribution in [-0.4, -0.2) is 32.9 Å². The maximum Gasteiger partial charge on any atom is 0.251 e. The molecule has 3 rings (SSSR count). The van der Waals surface area contributed by atoms with Gasteiger partial charge in [-0.25, -0.2) is 9.07 Å². The summed E-state index contributed by atoms with van der Waals surface area (Å²) >= 11 is 0. The highest BCUT2D eigenvalue weighted by Crippen LogP contribution is 2.29. The second-order valence-corrected chi connectivity index (χ2v) is 6.60. The van der Waals surface area contributed by atoms with Crippen LogP contribution in [0.15, 0.2) is 24.3 Å². The quantitative estimate of drug-likeness (QED) is 0.905. The molecule has 1 aliphatic carbocycles. The van der Waals surface area contributed by atoms with Gasteiger partial charge in [-0.15, -0.1) is 0 Å². The van der Waals surface area contributed by atoms with Gasteiger partial charge in [-0.05, 0) is 51.0 Å². The average molecular weight is 331 g/mol. The second-order valence-electron chi connectivity index (χ2n) is 6.60. The number of aliphatic hydroxyl groups is 1. The molecule has 6 heteroatoms. The van der Waals surface area contributed by atoms with Crippen LogP contribution in [0, 0.1) is 19.7 Å². The van der Waals surface area contributed by atoms with Crippen molar-refractivity contribution in [1.82, 2.24) is 15.1 Å². The zero-order chi connectivity index (χ0) is 17.3. The van der Waals surface area contributed by atoms with Gasteiger partial charge in [-0.3, -0.25) is 4.79 Å². The van der Waals surface area contributed by atoms with Crippen LogP contribution in [-0.2, 0) is 0 Å². The summed E-state index contributed by atoms with van der Waals surface area (Å²) in [6.45, 7) is 3.61. The Hall–Kier alpha value is -2.21. The van der Waals surface area contributed by atoms with E-state index in [9.17, 15) is 14.3 Å². The van der Waals surface area contributed by atoms with Crippen molar-refractivity contribution >= 4 is 5.91 Å². The molecule has 0 unspecified atom stereocenters. The lowest BCUT2D eigenvalue weighted by Crippen LogP contribution is -2.49. The van der Waals surface area contributed by atoms with Gasteiger partial charge in [0.1, 0.15) is 11.5 Å². The zero-order valence-corrected chi connectivity index (χ0v) is 14.0. The van der Waals surface area contributed by atoms with Crippen molar-refractivity contribution in [1.29, 1.82) is 0 Å². The average Bonchev–Trinajstić information content (AvgIpc) is 3.14. The number of amides is 1. The van der Waals surface area contributed by atoms with Crippen molar-refractivity contribution < 1.29 is 14.3 Å². The first-order chi connectivity index (χ1) is 11.4. The number of carbonyl (C=O) groups excluding carboxylic acids is 1. The Labute approximate surface area is 140 Å². The summed E-state index contributed by atoms with van der Waals surface area (Å²) in [6.07, 6.45) is 3.46. The molecular weight excluding hydrogens is 309 g/mol. The molecule has 0 atom stereocenters. The zero-order valence-electron chi connectivity index (χ0n) is 14.0. The third kappa shape index (κ3) is 3.06. The van der Waals surface area contributed by atoms with E-state index in [1.165, 1.54) is 10.7 Å². The van der Waals surface area contributed by atoms with Crippen molar-refractivity contribution in [3.05, 3.63) is 47.0 Å². The van der Waals surface area contributed by atoms with E-state index in [2.05, 4.69) is 10.4 Å². The topological polar surface area (TPSA) is 67.2 Å². The summed E-state index contributed by atoms with van der Waals surface area (Å²) < 4.78 is 16.0. The van der Waals surface area contributed by atoms with Crippen molar-refractivity contribution in [3.63, 3.8) is 0 Å². The highest BCUT2D eigenvalue weighted by Gasteiger charge is 2.34. The van der Waals surface area contributed by atoms with Gasteiger partial charge in [0, 0.05) is 11.3 Å². The molecule has 1 heterocycles. The van der Waals surface area contributed by atoms with Gasteiger partial charge in [0.15, 0.2) is 0 Å². The van der Waals surface area contributed by atoms with Crippen LogP contribution < -0.4 is 5.32 Å². The Bertz CT molecular complexity index is 764. The molecule has 2 aromatic rings. The van der Waals surface area contributed by atoms with Gasteiger partial charge in [-0.1, -0.05) is 12.8 Å². The number of benzene rings is 1. The summed E-state index contributed by atoms with van der Waals surface area (Å²) in [7, 11) is 0.